The molecule has 1 heterocycles. The maximum atomic E-state index is 12.2. The molecule has 0 aromatic heterocycles. The van der Waals surface area contributed by atoms with Gasteiger partial charge in [-0.25, -0.2) is 0 Å². The number of piperidine rings is 1. The normalized spacial score (nSPS) is 29.1. The maximum Gasteiger partial charge on any atom is 0.234 e. The number of hydrogen-bond acceptors (Lipinski definition) is 3. The van der Waals surface area contributed by atoms with Gasteiger partial charge in [0, 0.05) is 24.4 Å². The highest BCUT2D eigenvalue weighted by Crippen LogP contribution is 2.31. The molecule has 1 N–H and O–H groups in total. The van der Waals surface area contributed by atoms with E-state index in [1.807, 2.05) is 6.92 Å². The number of amides is 1. The number of rotatable bonds is 5. The van der Waals surface area contributed by atoms with Crippen LogP contribution in [0.4, 0.5) is 0 Å². The third-order valence-electron chi connectivity index (χ3n) is 5.10. The summed E-state index contributed by atoms with van der Waals surface area (Å²) in [7, 11) is 0. The second kappa shape index (κ2) is 7.92. The second-order valence-electron chi connectivity index (χ2n) is 6.73. The molecule has 2 rings (SSSR count). The van der Waals surface area contributed by atoms with Gasteiger partial charge in [0.05, 0.1) is 6.54 Å². The van der Waals surface area contributed by atoms with Crippen molar-refractivity contribution in [3.63, 3.8) is 0 Å². The van der Waals surface area contributed by atoms with Gasteiger partial charge in [0.1, 0.15) is 5.78 Å². The summed E-state index contributed by atoms with van der Waals surface area (Å²) in [5.41, 5.74) is 0. The minimum atomic E-state index is 0.111. The third-order valence-corrected chi connectivity index (χ3v) is 5.10. The standard InChI is InChI=1S/C17H30N2O2/c1-3-13(2)18-17(21)12-19-11-7-6-9-15(19)14-8-4-5-10-16(14)20/h13-15H,3-12H2,1-2H3,(H,18,21). The van der Waals surface area contributed by atoms with Gasteiger partial charge in [-0.1, -0.05) is 19.8 Å². The lowest BCUT2D eigenvalue weighted by molar-refractivity contribution is -0.130. The Bertz CT molecular complexity index is 370. The number of nitrogens with zero attached hydrogens (tertiary/aromatic N) is 1. The van der Waals surface area contributed by atoms with Crippen LogP contribution in [0.3, 0.4) is 0 Å². The van der Waals surface area contributed by atoms with E-state index in [1.54, 1.807) is 0 Å². The molecule has 1 saturated heterocycles. The van der Waals surface area contributed by atoms with Crippen molar-refractivity contribution in [2.24, 2.45) is 5.92 Å². The van der Waals surface area contributed by atoms with Crippen molar-refractivity contribution in [2.75, 3.05) is 13.1 Å². The zero-order chi connectivity index (χ0) is 15.2. The van der Waals surface area contributed by atoms with E-state index in [0.29, 0.717) is 18.4 Å². The fourth-order valence-electron chi connectivity index (χ4n) is 3.69. The highest BCUT2D eigenvalue weighted by atomic mass is 16.2. The Kier molecular flexibility index (Phi) is 6.22. The fourth-order valence-corrected chi connectivity index (χ4v) is 3.69. The Morgan fingerprint density at radius 1 is 1.29 bits per heavy atom. The topological polar surface area (TPSA) is 49.4 Å². The molecule has 0 spiro atoms. The minimum absolute atomic E-state index is 0.111. The lowest BCUT2D eigenvalue weighted by Gasteiger charge is -2.40. The third kappa shape index (κ3) is 4.53. The minimum Gasteiger partial charge on any atom is -0.353 e. The van der Waals surface area contributed by atoms with Gasteiger partial charge in [-0.15, -0.1) is 0 Å². The molecule has 2 fully saturated rings. The quantitative estimate of drug-likeness (QED) is 0.847. The van der Waals surface area contributed by atoms with Gasteiger partial charge in [-0.05, 0) is 45.6 Å². The van der Waals surface area contributed by atoms with E-state index in [-0.39, 0.29) is 17.9 Å². The Hall–Kier alpha value is -0.900. The fraction of sp³-hybridized carbons (Fsp3) is 0.882. The smallest absolute Gasteiger partial charge is 0.234 e. The van der Waals surface area contributed by atoms with Crippen molar-refractivity contribution in [3.8, 4) is 0 Å². The first-order valence-corrected chi connectivity index (χ1v) is 8.68. The first kappa shape index (κ1) is 16.5. The summed E-state index contributed by atoms with van der Waals surface area (Å²) in [5.74, 6) is 0.718. The van der Waals surface area contributed by atoms with E-state index >= 15 is 0 Å². The van der Waals surface area contributed by atoms with Gasteiger partial charge in [0.2, 0.25) is 5.91 Å². The molecule has 0 aromatic rings. The molecule has 3 unspecified atom stereocenters. The summed E-state index contributed by atoms with van der Waals surface area (Å²) >= 11 is 0. The molecule has 120 valence electrons. The van der Waals surface area contributed by atoms with Crippen LogP contribution in [0.15, 0.2) is 0 Å². The monoisotopic (exact) mass is 294 g/mol. The largest absolute Gasteiger partial charge is 0.353 e. The number of hydrogen-bond donors (Lipinski definition) is 1. The summed E-state index contributed by atoms with van der Waals surface area (Å²) in [4.78, 5) is 26.6. The van der Waals surface area contributed by atoms with E-state index in [0.717, 1.165) is 45.1 Å². The van der Waals surface area contributed by atoms with E-state index in [2.05, 4.69) is 17.1 Å². The van der Waals surface area contributed by atoms with Crippen LogP contribution in [0, 0.1) is 5.92 Å². The van der Waals surface area contributed by atoms with Gasteiger partial charge in [0.15, 0.2) is 0 Å². The molecule has 0 bridgehead atoms. The van der Waals surface area contributed by atoms with Gasteiger partial charge in [0.25, 0.3) is 0 Å². The van der Waals surface area contributed by atoms with Crippen LogP contribution in [0.25, 0.3) is 0 Å². The predicted octanol–water partition coefficient (Wildman–Crippen LogP) is 2.51. The molecule has 1 amide bonds. The molecule has 3 atom stereocenters. The number of ketones is 1. The van der Waals surface area contributed by atoms with Crippen molar-refractivity contribution in [1.82, 2.24) is 10.2 Å². The Balaban J connectivity index is 1.95. The Labute approximate surface area is 128 Å². The van der Waals surface area contributed by atoms with Crippen molar-refractivity contribution in [1.29, 1.82) is 0 Å². The molecule has 0 radical (unpaired) electrons. The number of carbonyl (C=O) groups excluding carboxylic acids is 2. The van der Waals surface area contributed by atoms with Crippen LogP contribution in [0.5, 0.6) is 0 Å². The zero-order valence-electron chi connectivity index (χ0n) is 13.6. The summed E-state index contributed by atoms with van der Waals surface area (Å²) in [5, 5.41) is 3.05. The maximum absolute atomic E-state index is 12.2. The first-order valence-electron chi connectivity index (χ1n) is 8.68. The molecule has 0 aromatic carbocycles. The van der Waals surface area contributed by atoms with Crippen molar-refractivity contribution >= 4 is 11.7 Å². The average Bonchev–Trinajstić information content (AvgIpc) is 2.48. The highest BCUT2D eigenvalue weighted by molar-refractivity contribution is 5.82. The SMILES string of the molecule is CCC(C)NC(=O)CN1CCCCC1C1CCCCC1=O. The van der Waals surface area contributed by atoms with E-state index in [9.17, 15) is 9.59 Å². The van der Waals surface area contributed by atoms with Gasteiger partial charge < -0.3 is 5.32 Å². The average molecular weight is 294 g/mol. The summed E-state index contributed by atoms with van der Waals surface area (Å²) in [6.45, 7) is 5.53. The van der Waals surface area contributed by atoms with Gasteiger partial charge in [-0.3, -0.25) is 14.5 Å². The van der Waals surface area contributed by atoms with Crippen LogP contribution in [-0.4, -0.2) is 41.8 Å². The van der Waals surface area contributed by atoms with Crippen molar-refractivity contribution in [3.05, 3.63) is 0 Å². The lowest BCUT2D eigenvalue weighted by Crippen LogP contribution is -2.51. The lowest BCUT2D eigenvalue weighted by atomic mass is 9.79. The van der Waals surface area contributed by atoms with Crippen LogP contribution < -0.4 is 5.32 Å². The summed E-state index contributed by atoms with van der Waals surface area (Å²) in [6, 6.07) is 0.534. The van der Waals surface area contributed by atoms with Crippen molar-refractivity contribution in [2.45, 2.75) is 77.3 Å². The summed E-state index contributed by atoms with van der Waals surface area (Å²) < 4.78 is 0. The zero-order valence-corrected chi connectivity index (χ0v) is 13.6. The van der Waals surface area contributed by atoms with Crippen LogP contribution in [0.1, 0.15) is 65.2 Å². The van der Waals surface area contributed by atoms with Crippen molar-refractivity contribution < 1.29 is 9.59 Å². The number of nitrogens with one attached hydrogen (secondary N) is 1. The number of Topliss-reactive ketones (excluding diaryl/α,β-unsaturated/α-hetero) is 1. The number of carbonyl (C=O) groups is 2. The van der Waals surface area contributed by atoms with Crippen LogP contribution >= 0.6 is 0 Å². The van der Waals surface area contributed by atoms with Crippen LogP contribution in [-0.2, 0) is 9.59 Å². The highest BCUT2D eigenvalue weighted by Gasteiger charge is 2.35. The molecule has 4 heteroatoms. The molecule has 21 heavy (non-hydrogen) atoms. The predicted molar refractivity (Wildman–Crippen MR) is 84.1 cm³/mol. The first-order chi connectivity index (χ1) is 10.1. The number of likely N-dealkylation sites (tertiary alicyclic amines) is 1. The van der Waals surface area contributed by atoms with E-state index in [1.165, 1.54) is 12.8 Å². The van der Waals surface area contributed by atoms with Gasteiger partial charge in [-0.2, -0.15) is 0 Å². The van der Waals surface area contributed by atoms with E-state index < -0.39 is 0 Å². The Morgan fingerprint density at radius 2 is 2.05 bits per heavy atom. The second-order valence-corrected chi connectivity index (χ2v) is 6.73. The van der Waals surface area contributed by atoms with Crippen LogP contribution in [0.2, 0.25) is 0 Å². The molecular weight excluding hydrogens is 264 g/mol. The molecule has 2 aliphatic rings. The molecular formula is C17H30N2O2. The molecule has 1 saturated carbocycles. The van der Waals surface area contributed by atoms with Gasteiger partial charge >= 0.3 is 0 Å². The van der Waals surface area contributed by atoms with E-state index in [4.69, 9.17) is 0 Å². The molecule has 1 aliphatic heterocycles. The molecule has 4 nitrogen and oxygen atoms in total. The molecule has 1 aliphatic carbocycles. The Morgan fingerprint density at radius 3 is 2.76 bits per heavy atom. The summed E-state index contributed by atoms with van der Waals surface area (Å²) in [6.07, 6.45) is 8.35.